The number of carbonyl (C=O) groups is 1. The van der Waals surface area contributed by atoms with Crippen molar-refractivity contribution < 1.29 is 22.3 Å². The monoisotopic (exact) mass is 503 g/mol. The van der Waals surface area contributed by atoms with Gasteiger partial charge >= 0.3 is 0 Å². The lowest BCUT2D eigenvalue weighted by Crippen LogP contribution is -2.27. The molecule has 0 aliphatic carbocycles. The van der Waals surface area contributed by atoms with Crippen molar-refractivity contribution in [3.63, 3.8) is 0 Å². The van der Waals surface area contributed by atoms with E-state index < -0.39 is 15.5 Å². The van der Waals surface area contributed by atoms with Crippen LogP contribution in [0.2, 0.25) is 0 Å². The lowest BCUT2D eigenvalue weighted by Gasteiger charge is -2.19. The van der Waals surface area contributed by atoms with Crippen molar-refractivity contribution in [2.45, 2.75) is 44.9 Å². The Morgan fingerprint density at radius 1 is 1.06 bits per heavy atom. The Labute approximate surface area is 212 Å². The summed E-state index contributed by atoms with van der Waals surface area (Å²) in [5, 5.41) is 1.77. The van der Waals surface area contributed by atoms with Crippen LogP contribution in [0.3, 0.4) is 0 Å². The van der Waals surface area contributed by atoms with Gasteiger partial charge in [-0.2, -0.15) is 13.0 Å². The maximum absolute atomic E-state index is 12.2. The summed E-state index contributed by atoms with van der Waals surface area (Å²) in [6.07, 6.45) is 7.54. The number of benzene rings is 3. The van der Waals surface area contributed by atoms with Crippen molar-refractivity contribution in [3.05, 3.63) is 90.2 Å². The molecular weight excluding hydrogens is 472 g/mol. The highest BCUT2D eigenvalue weighted by Crippen LogP contribution is 2.45. The van der Waals surface area contributed by atoms with E-state index in [9.17, 15) is 17.8 Å². The van der Waals surface area contributed by atoms with Crippen LogP contribution in [0, 0.1) is 6.92 Å². The molecule has 1 aliphatic rings. The number of para-hydroxylation sites is 1. The molecule has 0 atom stereocenters. The largest absolute Gasteiger partial charge is 0.294 e. The van der Waals surface area contributed by atoms with Crippen molar-refractivity contribution in [2.24, 2.45) is 0 Å². The fraction of sp³-hybridized carbons (Fsp3) is 0.241. The van der Waals surface area contributed by atoms with Gasteiger partial charge < -0.3 is 0 Å². The summed E-state index contributed by atoms with van der Waals surface area (Å²) in [6.45, 7) is 10.4. The molecule has 0 bridgehead atoms. The Balaban J connectivity index is 1.78. The summed E-state index contributed by atoms with van der Waals surface area (Å²) in [5.74, 6) is -0.0845. The third-order valence-corrected chi connectivity index (χ3v) is 7.56. The Morgan fingerprint density at radius 2 is 1.75 bits per heavy atom. The van der Waals surface area contributed by atoms with Crippen LogP contribution in [0.5, 0.6) is 0 Å². The molecule has 3 aromatic carbocycles. The van der Waals surface area contributed by atoms with Crippen LogP contribution >= 0.6 is 0 Å². The third kappa shape index (κ3) is 4.52. The van der Waals surface area contributed by atoms with E-state index >= 15 is 0 Å². The van der Waals surface area contributed by atoms with E-state index in [1.807, 2.05) is 61.5 Å². The molecule has 4 rings (SSSR count). The molecule has 0 saturated heterocycles. The van der Waals surface area contributed by atoms with Crippen LogP contribution in [0.15, 0.2) is 83.9 Å². The minimum absolute atomic E-state index is 0.0845. The number of hydrogen-bond donors (Lipinski definition) is 1. The molecule has 7 heteroatoms. The predicted octanol–water partition coefficient (Wildman–Crippen LogP) is 5.91. The molecule has 0 saturated carbocycles. The van der Waals surface area contributed by atoms with Gasteiger partial charge in [-0.3, -0.25) is 14.2 Å². The summed E-state index contributed by atoms with van der Waals surface area (Å²) in [6, 6.07) is 16.6. The summed E-state index contributed by atoms with van der Waals surface area (Å²) >= 11 is 0. The second-order valence-electron chi connectivity index (χ2n) is 9.45. The Bertz CT molecular complexity index is 1550. The van der Waals surface area contributed by atoms with E-state index in [1.165, 1.54) is 13.0 Å². The zero-order valence-corrected chi connectivity index (χ0v) is 22.0. The number of fused-ring (bicyclic) bond motifs is 3. The smallest absolute Gasteiger partial charge is 0.288 e. The number of amides is 1. The van der Waals surface area contributed by atoms with Crippen molar-refractivity contribution in [1.82, 2.24) is 0 Å². The topological polar surface area (TPSA) is 77.7 Å². The minimum atomic E-state index is -4.34. The maximum atomic E-state index is 12.2. The highest BCUT2D eigenvalue weighted by atomic mass is 32.2. The van der Waals surface area contributed by atoms with Gasteiger partial charge in [-0.05, 0) is 80.4 Å². The van der Waals surface area contributed by atoms with Gasteiger partial charge in [-0.1, -0.05) is 24.3 Å². The SMILES string of the molecule is CC[N+]1=C(/C=C/C=C/N(C(C)=O)c2ccccc2)C(C)(C)c2c1ccc1c(C)cc(S(=O)(=O)O)cc21. The fourth-order valence-corrected chi connectivity index (χ4v) is 5.68. The first-order chi connectivity index (χ1) is 17.0. The molecule has 3 aromatic rings. The molecule has 0 fully saturated rings. The molecular formula is C29H31N2O4S+. The highest BCUT2D eigenvalue weighted by molar-refractivity contribution is 7.85. The van der Waals surface area contributed by atoms with Gasteiger partial charge in [0.25, 0.3) is 10.1 Å². The van der Waals surface area contributed by atoms with Crippen molar-refractivity contribution in [3.8, 4) is 0 Å². The zero-order valence-electron chi connectivity index (χ0n) is 21.2. The van der Waals surface area contributed by atoms with Crippen LogP contribution in [-0.4, -0.2) is 35.7 Å². The van der Waals surface area contributed by atoms with Gasteiger partial charge in [0.1, 0.15) is 6.54 Å². The van der Waals surface area contributed by atoms with Crippen LogP contribution in [0.25, 0.3) is 10.8 Å². The van der Waals surface area contributed by atoms with Gasteiger partial charge in [0.05, 0.1) is 10.3 Å². The molecule has 0 aromatic heterocycles. The van der Waals surface area contributed by atoms with Crippen molar-refractivity contribution in [2.75, 3.05) is 11.4 Å². The van der Waals surface area contributed by atoms with E-state index in [-0.39, 0.29) is 10.8 Å². The van der Waals surface area contributed by atoms with Crippen molar-refractivity contribution in [1.29, 1.82) is 0 Å². The standard InChI is InChI=1S/C29H30N2O4S/c1-6-30-26-16-15-24-20(2)18-23(36(33,34)35)19-25(24)28(26)29(4,5)27(30)14-10-11-17-31(21(3)32)22-12-8-7-9-13-22/h7-19H,6H2,1-5H3/p+1. The predicted molar refractivity (Wildman–Crippen MR) is 145 cm³/mol. The van der Waals surface area contributed by atoms with E-state index in [0.717, 1.165) is 45.5 Å². The van der Waals surface area contributed by atoms with E-state index in [4.69, 9.17) is 0 Å². The van der Waals surface area contributed by atoms with Crippen LogP contribution < -0.4 is 4.90 Å². The number of allylic oxidation sites excluding steroid dienone is 3. The number of carbonyl (C=O) groups excluding carboxylic acids is 1. The summed E-state index contributed by atoms with van der Waals surface area (Å²) < 4.78 is 35.8. The van der Waals surface area contributed by atoms with Gasteiger partial charge in [0, 0.05) is 36.5 Å². The average molecular weight is 504 g/mol. The van der Waals surface area contributed by atoms with Gasteiger partial charge in [-0.15, -0.1) is 0 Å². The van der Waals surface area contributed by atoms with Gasteiger partial charge in [0.15, 0.2) is 5.71 Å². The fourth-order valence-electron chi connectivity index (χ4n) is 5.09. The Kier molecular flexibility index (Phi) is 6.73. The second-order valence-corrected chi connectivity index (χ2v) is 10.9. The molecule has 6 nitrogen and oxygen atoms in total. The molecule has 0 radical (unpaired) electrons. The third-order valence-electron chi connectivity index (χ3n) is 6.73. The first-order valence-electron chi connectivity index (χ1n) is 11.9. The number of hydrogen-bond acceptors (Lipinski definition) is 3. The summed E-state index contributed by atoms with van der Waals surface area (Å²) in [7, 11) is -4.34. The van der Waals surface area contributed by atoms with Crippen LogP contribution in [-0.2, 0) is 20.3 Å². The minimum Gasteiger partial charge on any atom is -0.288 e. The zero-order chi connectivity index (χ0) is 26.3. The van der Waals surface area contributed by atoms with E-state index in [2.05, 4.69) is 31.4 Å². The van der Waals surface area contributed by atoms with Crippen LogP contribution in [0.1, 0.15) is 38.8 Å². The number of rotatable bonds is 6. The number of anilines is 1. The second kappa shape index (κ2) is 9.48. The highest BCUT2D eigenvalue weighted by Gasteiger charge is 2.45. The molecule has 1 heterocycles. The van der Waals surface area contributed by atoms with Gasteiger partial charge in [0.2, 0.25) is 11.6 Å². The molecule has 0 unspecified atom stereocenters. The lowest BCUT2D eigenvalue weighted by atomic mass is 9.78. The molecule has 0 spiro atoms. The summed E-state index contributed by atoms with van der Waals surface area (Å²) in [4.78, 5) is 13.7. The maximum Gasteiger partial charge on any atom is 0.294 e. The van der Waals surface area contributed by atoms with E-state index in [0.29, 0.717) is 0 Å². The van der Waals surface area contributed by atoms with E-state index in [1.54, 1.807) is 17.2 Å². The average Bonchev–Trinajstić information content (AvgIpc) is 3.04. The Morgan fingerprint density at radius 3 is 2.36 bits per heavy atom. The van der Waals surface area contributed by atoms with Crippen molar-refractivity contribution >= 4 is 43.9 Å². The number of nitrogens with zero attached hydrogens (tertiary/aromatic N) is 2. The quantitative estimate of drug-likeness (QED) is 0.258. The van der Waals surface area contributed by atoms with Gasteiger partial charge in [-0.25, -0.2) is 0 Å². The Hall–Kier alpha value is -3.55. The molecule has 1 aliphatic heterocycles. The number of aryl methyl sites for hydroxylation is 1. The summed E-state index contributed by atoms with van der Waals surface area (Å²) in [5.41, 5.74) is 4.25. The molecule has 186 valence electrons. The molecule has 1 amide bonds. The lowest BCUT2D eigenvalue weighted by molar-refractivity contribution is -0.433. The molecule has 36 heavy (non-hydrogen) atoms. The normalized spacial score (nSPS) is 15.3. The first kappa shape index (κ1) is 25.5. The van der Waals surface area contributed by atoms with Crippen LogP contribution in [0.4, 0.5) is 11.4 Å². The first-order valence-corrected chi connectivity index (χ1v) is 13.3. The molecule has 1 N–H and O–H groups in total.